The Morgan fingerprint density at radius 2 is 2.19 bits per heavy atom. The van der Waals surface area contributed by atoms with Gasteiger partial charge in [-0.25, -0.2) is 13.9 Å². The first kappa shape index (κ1) is 18.2. The molecule has 1 aliphatic heterocycles. The number of hydrogen-bond acceptors (Lipinski definition) is 3. The summed E-state index contributed by atoms with van der Waals surface area (Å²) < 4.78 is 15.1. The molecule has 7 nitrogen and oxygen atoms in total. The quantitative estimate of drug-likeness (QED) is 0.853. The Balaban J connectivity index is 1.68. The third-order valence-corrected chi connectivity index (χ3v) is 4.85. The summed E-state index contributed by atoms with van der Waals surface area (Å²) >= 11 is 5.68. The highest BCUT2D eigenvalue weighted by atomic mass is 35.5. The van der Waals surface area contributed by atoms with Crippen LogP contribution in [0.2, 0.25) is 5.02 Å². The molecule has 1 unspecified atom stereocenters. The lowest BCUT2D eigenvalue weighted by Crippen LogP contribution is -2.37. The molecule has 3 rings (SSSR count). The van der Waals surface area contributed by atoms with Crippen LogP contribution in [0.1, 0.15) is 18.9 Å². The third kappa shape index (κ3) is 3.65. The first-order valence-electron chi connectivity index (χ1n) is 8.03. The number of nitrogens with zero attached hydrogens (tertiary/aromatic N) is 3. The summed E-state index contributed by atoms with van der Waals surface area (Å²) in [5.41, 5.74) is -0.288. The van der Waals surface area contributed by atoms with Crippen molar-refractivity contribution in [2.24, 2.45) is 5.41 Å². The maximum absolute atomic E-state index is 13.6. The first-order valence-corrected chi connectivity index (χ1v) is 8.41. The van der Waals surface area contributed by atoms with Crippen LogP contribution in [-0.4, -0.2) is 44.9 Å². The van der Waals surface area contributed by atoms with Gasteiger partial charge in [0, 0.05) is 19.2 Å². The van der Waals surface area contributed by atoms with E-state index in [4.69, 9.17) is 11.6 Å². The van der Waals surface area contributed by atoms with Crippen LogP contribution in [0.25, 0.3) is 0 Å². The number of urea groups is 1. The molecule has 138 valence electrons. The van der Waals surface area contributed by atoms with E-state index in [0.29, 0.717) is 24.3 Å². The summed E-state index contributed by atoms with van der Waals surface area (Å²) in [5.74, 6) is -0.996. The van der Waals surface area contributed by atoms with Crippen LogP contribution in [0, 0.1) is 11.2 Å². The number of aromatic nitrogens is 2. The number of aliphatic carboxylic acids is 1. The van der Waals surface area contributed by atoms with Gasteiger partial charge in [-0.2, -0.15) is 5.10 Å². The molecule has 2 N–H and O–H groups in total. The lowest BCUT2D eigenvalue weighted by atomic mass is 9.90. The summed E-state index contributed by atoms with van der Waals surface area (Å²) in [4.78, 5) is 25.2. The standard InChI is InChI=1S/C17H18ClFN4O3/c1-17(15(24)25)5-7-22(10-17)16(26)21-14-4-6-20-23(14)9-11-2-3-12(18)13(19)8-11/h2-4,6,8H,5,7,9-10H2,1H3,(H,21,26)(H,24,25). The van der Waals surface area contributed by atoms with Gasteiger partial charge in [-0.3, -0.25) is 10.1 Å². The normalized spacial score (nSPS) is 19.6. The number of likely N-dealkylation sites (tertiary alicyclic amines) is 1. The number of carbonyl (C=O) groups excluding carboxylic acids is 1. The summed E-state index contributed by atoms with van der Waals surface area (Å²) in [7, 11) is 0. The molecule has 2 aromatic rings. The lowest BCUT2D eigenvalue weighted by molar-refractivity contribution is -0.146. The van der Waals surface area contributed by atoms with Crippen molar-refractivity contribution in [3.8, 4) is 0 Å². The Labute approximate surface area is 154 Å². The zero-order chi connectivity index (χ0) is 18.9. The Hall–Kier alpha value is -2.61. The minimum Gasteiger partial charge on any atom is -0.481 e. The fraction of sp³-hybridized carbons (Fsp3) is 0.353. The molecule has 1 saturated heterocycles. The van der Waals surface area contributed by atoms with Crippen LogP contribution in [0.5, 0.6) is 0 Å². The molecule has 1 fully saturated rings. The van der Waals surface area contributed by atoms with Crippen LogP contribution < -0.4 is 5.32 Å². The van der Waals surface area contributed by atoms with Crippen LogP contribution in [-0.2, 0) is 11.3 Å². The smallest absolute Gasteiger partial charge is 0.323 e. The van der Waals surface area contributed by atoms with Gasteiger partial charge in [0.1, 0.15) is 11.6 Å². The van der Waals surface area contributed by atoms with E-state index in [9.17, 15) is 19.1 Å². The molecule has 2 amide bonds. The fourth-order valence-electron chi connectivity index (χ4n) is 2.87. The van der Waals surface area contributed by atoms with Gasteiger partial charge in [-0.05, 0) is 31.0 Å². The Kier molecular flexibility index (Phi) is 4.86. The summed E-state index contributed by atoms with van der Waals surface area (Å²) in [6, 6.07) is 5.69. The minimum atomic E-state index is -0.932. The molecule has 0 aliphatic carbocycles. The molecule has 0 bridgehead atoms. The fourth-order valence-corrected chi connectivity index (χ4v) is 2.99. The molecule has 1 atom stereocenters. The number of rotatable bonds is 4. The van der Waals surface area contributed by atoms with E-state index in [1.54, 1.807) is 19.1 Å². The average Bonchev–Trinajstić information content (AvgIpc) is 3.19. The van der Waals surface area contributed by atoms with Crippen molar-refractivity contribution >= 4 is 29.4 Å². The number of hydrogen-bond donors (Lipinski definition) is 2. The topological polar surface area (TPSA) is 87.5 Å². The Morgan fingerprint density at radius 1 is 1.42 bits per heavy atom. The number of carboxylic acid groups (broad SMARTS) is 1. The molecule has 1 aromatic heterocycles. The highest BCUT2D eigenvalue weighted by Crippen LogP contribution is 2.30. The van der Waals surface area contributed by atoms with Crippen molar-refractivity contribution < 1.29 is 19.1 Å². The van der Waals surface area contributed by atoms with Crippen molar-refractivity contribution in [1.82, 2.24) is 14.7 Å². The van der Waals surface area contributed by atoms with E-state index < -0.39 is 17.2 Å². The van der Waals surface area contributed by atoms with Crippen molar-refractivity contribution in [3.63, 3.8) is 0 Å². The molecular formula is C17H18ClFN4O3. The van der Waals surface area contributed by atoms with E-state index in [0.717, 1.165) is 0 Å². The van der Waals surface area contributed by atoms with Gasteiger partial charge in [0.05, 0.1) is 23.2 Å². The van der Waals surface area contributed by atoms with Crippen molar-refractivity contribution in [2.75, 3.05) is 18.4 Å². The third-order valence-electron chi connectivity index (χ3n) is 4.54. The zero-order valence-electron chi connectivity index (χ0n) is 14.1. The summed E-state index contributed by atoms with van der Waals surface area (Å²) in [6.45, 7) is 2.39. The van der Waals surface area contributed by atoms with Crippen molar-refractivity contribution in [2.45, 2.75) is 19.9 Å². The first-order chi connectivity index (χ1) is 12.3. The molecule has 26 heavy (non-hydrogen) atoms. The molecule has 1 aromatic carbocycles. The van der Waals surface area contributed by atoms with Crippen LogP contribution >= 0.6 is 11.6 Å². The zero-order valence-corrected chi connectivity index (χ0v) is 14.8. The van der Waals surface area contributed by atoms with E-state index in [1.165, 1.54) is 27.9 Å². The molecule has 0 spiro atoms. The van der Waals surface area contributed by atoms with E-state index >= 15 is 0 Å². The van der Waals surface area contributed by atoms with Gasteiger partial charge >= 0.3 is 12.0 Å². The number of benzene rings is 1. The lowest BCUT2D eigenvalue weighted by Gasteiger charge is -2.20. The average molecular weight is 381 g/mol. The van der Waals surface area contributed by atoms with Gasteiger partial charge in [0.15, 0.2) is 0 Å². The van der Waals surface area contributed by atoms with E-state index in [1.807, 2.05) is 0 Å². The number of amides is 2. The second-order valence-corrected chi connectivity index (χ2v) is 7.00. The molecule has 0 saturated carbocycles. The van der Waals surface area contributed by atoms with Gasteiger partial charge in [0.25, 0.3) is 0 Å². The predicted molar refractivity (Wildman–Crippen MR) is 93.7 cm³/mol. The Morgan fingerprint density at radius 3 is 2.85 bits per heavy atom. The van der Waals surface area contributed by atoms with Crippen molar-refractivity contribution in [1.29, 1.82) is 0 Å². The molecule has 9 heteroatoms. The Bertz CT molecular complexity index is 856. The maximum atomic E-state index is 13.6. The highest BCUT2D eigenvalue weighted by Gasteiger charge is 2.42. The van der Waals surface area contributed by atoms with Gasteiger partial charge in [0.2, 0.25) is 0 Å². The second kappa shape index (κ2) is 6.95. The number of carbonyl (C=O) groups is 2. The number of carboxylic acids is 1. The van der Waals surface area contributed by atoms with Gasteiger partial charge < -0.3 is 10.0 Å². The monoisotopic (exact) mass is 380 g/mol. The van der Waals surface area contributed by atoms with Gasteiger partial charge in [-0.15, -0.1) is 0 Å². The number of anilines is 1. The van der Waals surface area contributed by atoms with Crippen LogP contribution in [0.15, 0.2) is 30.5 Å². The highest BCUT2D eigenvalue weighted by molar-refractivity contribution is 6.30. The number of halogens is 2. The molecule has 1 aliphatic rings. The molecule has 0 radical (unpaired) electrons. The van der Waals surface area contributed by atoms with E-state index in [2.05, 4.69) is 10.4 Å². The summed E-state index contributed by atoms with van der Waals surface area (Å²) in [6.07, 6.45) is 1.92. The largest absolute Gasteiger partial charge is 0.481 e. The van der Waals surface area contributed by atoms with Crippen LogP contribution in [0.3, 0.4) is 0 Å². The molecular weight excluding hydrogens is 363 g/mol. The maximum Gasteiger partial charge on any atom is 0.323 e. The van der Waals surface area contributed by atoms with E-state index in [-0.39, 0.29) is 24.1 Å². The minimum absolute atomic E-state index is 0.0401. The van der Waals surface area contributed by atoms with Crippen LogP contribution in [0.4, 0.5) is 15.0 Å². The predicted octanol–water partition coefficient (Wildman–Crippen LogP) is 3.05. The SMILES string of the molecule is CC1(C(=O)O)CCN(C(=O)Nc2ccnn2Cc2ccc(Cl)c(F)c2)C1. The molecule has 2 heterocycles. The van der Waals surface area contributed by atoms with Crippen molar-refractivity contribution in [3.05, 3.63) is 46.9 Å². The number of nitrogens with one attached hydrogen (secondary N) is 1. The summed E-state index contributed by atoms with van der Waals surface area (Å²) in [5, 5.41) is 16.2. The second-order valence-electron chi connectivity index (χ2n) is 6.59. The van der Waals surface area contributed by atoms with Gasteiger partial charge in [-0.1, -0.05) is 17.7 Å².